The molecule has 3 rings (SSSR count). The SMILES string of the molecule is N=C1NCC(N[C@@H](CO)C(=O)N[C@@H](C(=O)N[C@H]([C]=O)CO)C(O)C2CNC(=N)N2[C@H]2O[C@H](CO)[C@@H](O)[C@H](O)[C@@H]2O)N1. The van der Waals surface area contributed by atoms with Gasteiger partial charge in [0.2, 0.25) is 18.1 Å². The van der Waals surface area contributed by atoms with Gasteiger partial charge in [0.25, 0.3) is 0 Å². The van der Waals surface area contributed by atoms with Gasteiger partial charge >= 0.3 is 0 Å². The summed E-state index contributed by atoms with van der Waals surface area (Å²) in [7, 11) is 0. The summed E-state index contributed by atoms with van der Waals surface area (Å²) in [6.07, 6.45) is -9.52. The largest absolute Gasteiger partial charge is 0.394 e. The Morgan fingerprint density at radius 1 is 1.02 bits per heavy atom. The average Bonchev–Trinajstić information content (AvgIpc) is 3.56. The van der Waals surface area contributed by atoms with Crippen molar-refractivity contribution in [1.82, 2.24) is 36.8 Å². The minimum Gasteiger partial charge on any atom is -0.394 e. The Kier molecular flexibility index (Phi) is 11.1. The standard InChI is InChI=1S/C21H36N9O11/c22-20-24-2-11(28-20)27-8(5-33)17(39)29-12(18(40)26-7(3-31)4-32)13(35)9-1-25-21(23)30(9)19-16(38)15(37)14(36)10(6-34)41-19/h7-16,19,27,31,33-38H,1-3,5-6H2,(H2,23,25)(H,26,40)(H,29,39)(H3,22,24,28)/t7-,8-,9?,10+,11?,12+,13?,14+,15-,16-,19-/m0/s1. The van der Waals surface area contributed by atoms with Crippen molar-refractivity contribution in [2.24, 2.45) is 0 Å². The molecule has 20 heteroatoms. The third-order valence-electron chi connectivity index (χ3n) is 6.90. The molecule has 0 bridgehead atoms. The van der Waals surface area contributed by atoms with Crippen LogP contribution in [0.25, 0.3) is 0 Å². The summed E-state index contributed by atoms with van der Waals surface area (Å²) in [6, 6.07) is -6.09. The molecule has 3 heterocycles. The summed E-state index contributed by atoms with van der Waals surface area (Å²) in [6.45, 7) is -2.46. The first kappa shape index (κ1) is 32.3. The van der Waals surface area contributed by atoms with E-state index in [-0.39, 0.29) is 19.0 Å². The number of guanidine groups is 2. The van der Waals surface area contributed by atoms with E-state index in [9.17, 15) is 50.1 Å². The Bertz CT molecular complexity index is 975. The number of aliphatic hydroxyl groups is 7. The molecule has 15 N–H and O–H groups in total. The number of hydrogen-bond donors (Lipinski definition) is 15. The van der Waals surface area contributed by atoms with E-state index >= 15 is 0 Å². The van der Waals surface area contributed by atoms with Crippen LogP contribution in [-0.4, -0.2) is 171 Å². The lowest BCUT2D eigenvalue weighted by molar-refractivity contribution is -0.260. The topological polar surface area (TPSA) is 325 Å². The molecule has 0 aromatic rings. The molecule has 0 saturated carbocycles. The maximum absolute atomic E-state index is 13.1. The molecule has 1 radical (unpaired) electrons. The number of nitrogens with one attached hydrogen (secondary N) is 8. The number of ether oxygens (including phenoxy) is 1. The van der Waals surface area contributed by atoms with Crippen molar-refractivity contribution in [2.75, 3.05) is 32.9 Å². The van der Waals surface area contributed by atoms with Crippen molar-refractivity contribution >= 4 is 30.0 Å². The fraction of sp³-hybridized carbons (Fsp3) is 0.762. The molecule has 3 fully saturated rings. The van der Waals surface area contributed by atoms with E-state index in [0.717, 1.165) is 4.90 Å². The second kappa shape index (κ2) is 14.1. The van der Waals surface area contributed by atoms with Crippen LogP contribution in [0.1, 0.15) is 0 Å². The lowest BCUT2D eigenvalue weighted by Gasteiger charge is -2.46. The zero-order chi connectivity index (χ0) is 30.4. The number of rotatable bonds is 13. The number of carbonyl (C=O) groups is 2. The van der Waals surface area contributed by atoms with Crippen LogP contribution in [0, 0.1) is 10.8 Å². The molecule has 20 nitrogen and oxygen atoms in total. The number of hydrogen-bond acceptors (Lipinski definition) is 14. The van der Waals surface area contributed by atoms with Crippen LogP contribution in [0.15, 0.2) is 0 Å². The highest BCUT2D eigenvalue weighted by Crippen LogP contribution is 2.28. The van der Waals surface area contributed by atoms with Crippen LogP contribution in [0.2, 0.25) is 0 Å². The summed E-state index contributed by atoms with van der Waals surface area (Å²) >= 11 is 0. The van der Waals surface area contributed by atoms with E-state index in [1.54, 1.807) is 0 Å². The molecule has 3 saturated heterocycles. The summed E-state index contributed by atoms with van der Waals surface area (Å²) < 4.78 is 5.50. The van der Waals surface area contributed by atoms with Gasteiger partial charge in [0.05, 0.1) is 38.6 Å². The first-order valence-electron chi connectivity index (χ1n) is 12.6. The van der Waals surface area contributed by atoms with Crippen LogP contribution in [0.4, 0.5) is 0 Å². The first-order valence-corrected chi connectivity index (χ1v) is 12.6. The fourth-order valence-corrected chi connectivity index (χ4v) is 4.66. The summed E-state index contributed by atoms with van der Waals surface area (Å²) in [4.78, 5) is 38.3. The lowest BCUT2D eigenvalue weighted by atomic mass is 9.95. The molecule has 231 valence electrons. The highest BCUT2D eigenvalue weighted by atomic mass is 16.6. The number of nitrogens with zero attached hydrogens (tertiary/aromatic N) is 1. The predicted octanol–water partition coefficient (Wildman–Crippen LogP) is -9.17. The molecular weight excluding hydrogens is 554 g/mol. The van der Waals surface area contributed by atoms with Crippen LogP contribution < -0.4 is 31.9 Å². The van der Waals surface area contributed by atoms with Gasteiger partial charge in [-0.15, -0.1) is 0 Å². The zero-order valence-corrected chi connectivity index (χ0v) is 21.6. The maximum atomic E-state index is 13.1. The van der Waals surface area contributed by atoms with Crippen LogP contribution >= 0.6 is 0 Å². The van der Waals surface area contributed by atoms with Crippen LogP contribution in [0.5, 0.6) is 0 Å². The van der Waals surface area contributed by atoms with E-state index < -0.39 is 105 Å². The first-order chi connectivity index (χ1) is 19.5. The van der Waals surface area contributed by atoms with Crippen molar-refractivity contribution in [3.8, 4) is 0 Å². The zero-order valence-electron chi connectivity index (χ0n) is 21.6. The highest BCUT2D eigenvalue weighted by Gasteiger charge is 2.52. The molecule has 0 spiro atoms. The molecule has 41 heavy (non-hydrogen) atoms. The quantitative estimate of drug-likeness (QED) is 0.0946. The number of aliphatic hydroxyl groups excluding tert-OH is 7. The molecule has 0 aromatic heterocycles. The highest BCUT2D eigenvalue weighted by molar-refractivity contribution is 5.92. The van der Waals surface area contributed by atoms with E-state index in [1.807, 2.05) is 0 Å². The van der Waals surface area contributed by atoms with E-state index in [4.69, 9.17) is 15.6 Å². The minimum atomic E-state index is -1.92. The molecule has 3 aliphatic heterocycles. The van der Waals surface area contributed by atoms with E-state index in [0.29, 0.717) is 0 Å². The van der Waals surface area contributed by atoms with Crippen LogP contribution in [-0.2, 0) is 19.1 Å². The molecule has 11 atom stereocenters. The van der Waals surface area contributed by atoms with E-state index in [2.05, 4.69) is 31.9 Å². The molecule has 0 aliphatic carbocycles. The van der Waals surface area contributed by atoms with Gasteiger partial charge in [0.15, 0.2) is 18.1 Å². The van der Waals surface area contributed by atoms with E-state index in [1.165, 1.54) is 6.29 Å². The molecule has 2 amide bonds. The molecule has 3 unspecified atom stereocenters. The predicted molar refractivity (Wildman–Crippen MR) is 134 cm³/mol. The number of amides is 2. The van der Waals surface area contributed by atoms with Gasteiger partial charge in [-0.25, -0.2) is 0 Å². The van der Waals surface area contributed by atoms with Crippen LogP contribution in [0.3, 0.4) is 0 Å². The molecular formula is C21H36N9O11. The van der Waals surface area contributed by atoms with Crippen molar-refractivity contribution in [2.45, 2.75) is 67.1 Å². The van der Waals surface area contributed by atoms with Gasteiger partial charge in [0, 0.05) is 6.54 Å². The van der Waals surface area contributed by atoms with Crippen molar-refractivity contribution < 1.29 is 54.9 Å². The van der Waals surface area contributed by atoms with Gasteiger partial charge < -0.3 is 72.0 Å². The summed E-state index contributed by atoms with van der Waals surface area (Å²) in [5.74, 6) is -2.60. The summed E-state index contributed by atoms with van der Waals surface area (Å²) in [5.41, 5.74) is 0. The number of carbonyl (C=O) groups excluding carboxylic acids is 3. The monoisotopic (exact) mass is 590 g/mol. The van der Waals surface area contributed by atoms with Gasteiger partial charge in [0.1, 0.15) is 48.6 Å². The van der Waals surface area contributed by atoms with Crippen molar-refractivity contribution in [3.63, 3.8) is 0 Å². The Labute approximate surface area is 233 Å². The van der Waals surface area contributed by atoms with Crippen molar-refractivity contribution in [3.05, 3.63) is 0 Å². The van der Waals surface area contributed by atoms with Gasteiger partial charge in [-0.05, 0) is 0 Å². The van der Waals surface area contributed by atoms with Gasteiger partial charge in [-0.1, -0.05) is 0 Å². The molecule has 0 aromatic carbocycles. The third-order valence-corrected chi connectivity index (χ3v) is 6.90. The minimum absolute atomic E-state index is 0.0306. The van der Waals surface area contributed by atoms with Gasteiger partial charge in [-0.2, -0.15) is 0 Å². The smallest absolute Gasteiger partial charge is 0.246 e. The maximum Gasteiger partial charge on any atom is 0.246 e. The Morgan fingerprint density at radius 2 is 1.73 bits per heavy atom. The second-order valence-corrected chi connectivity index (χ2v) is 9.62. The van der Waals surface area contributed by atoms with Crippen molar-refractivity contribution in [1.29, 1.82) is 10.8 Å². The Balaban J connectivity index is 1.86. The van der Waals surface area contributed by atoms with Gasteiger partial charge in [-0.3, -0.25) is 30.5 Å². The summed E-state index contributed by atoms with van der Waals surface area (Å²) in [5, 5.41) is 102. The second-order valence-electron chi connectivity index (χ2n) is 9.62. The Morgan fingerprint density at radius 3 is 2.29 bits per heavy atom. The normalized spacial score (nSPS) is 32.7. The molecule has 3 aliphatic rings. The Hall–Kier alpha value is -3.21. The third kappa shape index (κ3) is 7.17. The average molecular weight is 591 g/mol. The lowest BCUT2D eigenvalue weighted by Crippen LogP contribution is -2.68. The fourth-order valence-electron chi connectivity index (χ4n) is 4.66.